The third-order valence-corrected chi connectivity index (χ3v) is 2.51. The smallest absolute Gasteiger partial charge is 0.341 e. The second-order valence-corrected chi connectivity index (χ2v) is 4.17. The number of amides is 1. The molecular weight excluding hydrogens is 288 g/mol. The van der Waals surface area contributed by atoms with Crippen molar-refractivity contribution in [1.82, 2.24) is 5.32 Å². The molecule has 0 aliphatic carbocycles. The summed E-state index contributed by atoms with van der Waals surface area (Å²) in [5.41, 5.74) is 0.594. The fourth-order valence-corrected chi connectivity index (χ4v) is 1.48. The first-order valence-corrected chi connectivity index (χ1v) is 6.40. The number of nitrogens with one attached hydrogen (secondary N) is 1. The van der Waals surface area contributed by atoms with E-state index in [-0.39, 0.29) is 5.57 Å². The predicted molar refractivity (Wildman–Crippen MR) is 78.0 cm³/mol. The third-order valence-electron chi connectivity index (χ3n) is 2.51. The summed E-state index contributed by atoms with van der Waals surface area (Å²) in [6.07, 6.45) is 1.43. The Morgan fingerprint density at radius 2 is 2.05 bits per heavy atom. The Morgan fingerprint density at radius 1 is 1.36 bits per heavy atom. The molecule has 0 heterocycles. The first-order valence-electron chi connectivity index (χ1n) is 6.40. The second-order valence-electron chi connectivity index (χ2n) is 4.17. The average molecular weight is 304 g/mol. The lowest BCUT2D eigenvalue weighted by Crippen LogP contribution is -2.27. The number of hydrogen-bond donors (Lipinski definition) is 2. The van der Waals surface area contributed by atoms with Crippen LogP contribution in [0.4, 0.5) is 0 Å². The summed E-state index contributed by atoms with van der Waals surface area (Å²) in [7, 11) is 1.52. The molecule has 0 aliphatic rings. The van der Waals surface area contributed by atoms with E-state index in [1.54, 1.807) is 24.3 Å². The summed E-state index contributed by atoms with van der Waals surface area (Å²) in [5, 5.41) is 20.1. The molecule has 0 saturated carbocycles. The zero-order chi connectivity index (χ0) is 16.4. The van der Waals surface area contributed by atoms with Crippen LogP contribution >= 0.6 is 0 Å². The molecule has 1 aromatic rings. The minimum Gasteiger partial charge on any atom is -0.482 e. The van der Waals surface area contributed by atoms with Crippen molar-refractivity contribution in [3.63, 3.8) is 0 Å². The first-order chi connectivity index (χ1) is 10.6. The number of nitriles is 1. The fourth-order valence-electron chi connectivity index (χ4n) is 1.48. The summed E-state index contributed by atoms with van der Waals surface area (Å²) in [6.45, 7) is 0.247. The van der Waals surface area contributed by atoms with Gasteiger partial charge in [0.25, 0.3) is 5.91 Å². The molecule has 2 N–H and O–H groups in total. The van der Waals surface area contributed by atoms with Gasteiger partial charge in [-0.15, -0.1) is 0 Å². The van der Waals surface area contributed by atoms with Crippen molar-refractivity contribution in [2.24, 2.45) is 0 Å². The monoisotopic (exact) mass is 304 g/mol. The summed E-state index contributed by atoms with van der Waals surface area (Å²) in [4.78, 5) is 22.1. The highest BCUT2D eigenvalue weighted by Gasteiger charge is 2.08. The van der Waals surface area contributed by atoms with E-state index in [2.05, 4.69) is 5.32 Å². The normalized spacial score (nSPS) is 10.6. The van der Waals surface area contributed by atoms with E-state index in [4.69, 9.17) is 19.8 Å². The summed E-state index contributed by atoms with van der Waals surface area (Å²) in [5.74, 6) is -1.16. The Balaban J connectivity index is 2.70. The standard InChI is InChI=1S/C15H16N2O5/c1-21-7-6-17-15(20)12(9-16)8-11-2-4-13(5-3-11)22-10-14(18)19/h2-5,8H,6-7,10H2,1H3,(H,17,20)(H,18,19)/b12-8+. The van der Waals surface area contributed by atoms with E-state index in [0.29, 0.717) is 24.5 Å². The maximum atomic E-state index is 11.8. The van der Waals surface area contributed by atoms with Crippen LogP contribution in [0.2, 0.25) is 0 Å². The zero-order valence-corrected chi connectivity index (χ0v) is 12.0. The number of carboxylic acids is 1. The molecule has 0 radical (unpaired) electrons. The SMILES string of the molecule is COCCNC(=O)/C(C#N)=C/c1ccc(OCC(=O)O)cc1. The van der Waals surface area contributed by atoms with Crippen molar-refractivity contribution in [2.75, 3.05) is 26.9 Å². The van der Waals surface area contributed by atoms with Crippen LogP contribution in [0.15, 0.2) is 29.8 Å². The van der Waals surface area contributed by atoms with Crippen LogP contribution in [0.1, 0.15) is 5.56 Å². The number of carboxylic acid groups (broad SMARTS) is 1. The molecule has 1 aromatic carbocycles. The minimum absolute atomic E-state index is 0.0321. The lowest BCUT2D eigenvalue weighted by Gasteiger charge is -2.04. The number of hydrogen-bond acceptors (Lipinski definition) is 5. The van der Waals surface area contributed by atoms with Crippen molar-refractivity contribution in [1.29, 1.82) is 5.26 Å². The maximum Gasteiger partial charge on any atom is 0.341 e. The Bertz CT molecular complexity index is 587. The quantitative estimate of drug-likeness (QED) is 0.418. The van der Waals surface area contributed by atoms with Crippen molar-refractivity contribution < 1.29 is 24.2 Å². The topological polar surface area (TPSA) is 109 Å². The molecule has 7 heteroatoms. The Hall–Kier alpha value is -2.85. The Morgan fingerprint density at radius 3 is 2.59 bits per heavy atom. The number of ether oxygens (including phenoxy) is 2. The Kier molecular flexibility index (Phi) is 7.16. The van der Waals surface area contributed by atoms with E-state index >= 15 is 0 Å². The molecule has 0 aliphatic heterocycles. The van der Waals surface area contributed by atoms with Crippen molar-refractivity contribution in [3.8, 4) is 11.8 Å². The lowest BCUT2D eigenvalue weighted by atomic mass is 10.1. The van der Waals surface area contributed by atoms with Gasteiger partial charge in [0.2, 0.25) is 0 Å². The van der Waals surface area contributed by atoms with Crippen LogP contribution in [0.25, 0.3) is 6.08 Å². The van der Waals surface area contributed by atoms with Crippen LogP contribution in [0.3, 0.4) is 0 Å². The first kappa shape index (κ1) is 17.2. The number of nitrogens with zero attached hydrogens (tertiary/aromatic N) is 1. The molecule has 0 unspecified atom stereocenters. The average Bonchev–Trinajstić information content (AvgIpc) is 2.51. The van der Waals surface area contributed by atoms with Crippen LogP contribution in [-0.2, 0) is 14.3 Å². The molecule has 0 atom stereocenters. The number of aliphatic carboxylic acids is 1. The Labute approximate surface area is 127 Å². The fraction of sp³-hybridized carbons (Fsp3) is 0.267. The van der Waals surface area contributed by atoms with Gasteiger partial charge in [-0.1, -0.05) is 12.1 Å². The molecule has 116 valence electrons. The van der Waals surface area contributed by atoms with Gasteiger partial charge in [-0.2, -0.15) is 5.26 Å². The highest BCUT2D eigenvalue weighted by Crippen LogP contribution is 2.14. The number of methoxy groups -OCH3 is 1. The number of carbonyl (C=O) groups excluding carboxylic acids is 1. The van der Waals surface area contributed by atoms with Gasteiger partial charge >= 0.3 is 5.97 Å². The van der Waals surface area contributed by atoms with E-state index in [1.807, 2.05) is 6.07 Å². The summed E-state index contributed by atoms with van der Waals surface area (Å²) >= 11 is 0. The van der Waals surface area contributed by atoms with Crippen LogP contribution in [0.5, 0.6) is 5.75 Å². The minimum atomic E-state index is -1.07. The van der Waals surface area contributed by atoms with Gasteiger partial charge in [-0.3, -0.25) is 4.79 Å². The largest absolute Gasteiger partial charge is 0.482 e. The summed E-state index contributed by atoms with van der Waals surface area (Å²) in [6, 6.07) is 8.20. The third kappa shape index (κ3) is 6.07. The summed E-state index contributed by atoms with van der Waals surface area (Å²) < 4.78 is 9.79. The van der Waals surface area contributed by atoms with Gasteiger partial charge in [0.15, 0.2) is 6.61 Å². The van der Waals surface area contributed by atoms with Gasteiger partial charge < -0.3 is 19.9 Å². The second kappa shape index (κ2) is 9.15. The molecule has 22 heavy (non-hydrogen) atoms. The zero-order valence-electron chi connectivity index (χ0n) is 12.0. The lowest BCUT2D eigenvalue weighted by molar-refractivity contribution is -0.139. The van der Waals surface area contributed by atoms with E-state index in [9.17, 15) is 9.59 Å². The van der Waals surface area contributed by atoms with E-state index < -0.39 is 18.5 Å². The van der Waals surface area contributed by atoms with E-state index in [0.717, 1.165) is 0 Å². The van der Waals surface area contributed by atoms with Gasteiger partial charge in [0.1, 0.15) is 17.4 Å². The van der Waals surface area contributed by atoms with Gasteiger partial charge in [-0.05, 0) is 23.8 Å². The molecule has 0 fully saturated rings. The molecule has 0 bridgehead atoms. The van der Waals surface area contributed by atoms with Crippen molar-refractivity contribution in [2.45, 2.75) is 0 Å². The number of benzene rings is 1. The van der Waals surface area contributed by atoms with Crippen molar-refractivity contribution in [3.05, 3.63) is 35.4 Å². The highest BCUT2D eigenvalue weighted by molar-refractivity contribution is 6.01. The van der Waals surface area contributed by atoms with Crippen LogP contribution < -0.4 is 10.1 Å². The van der Waals surface area contributed by atoms with Gasteiger partial charge in [0.05, 0.1) is 6.61 Å². The van der Waals surface area contributed by atoms with Crippen LogP contribution in [0, 0.1) is 11.3 Å². The number of rotatable bonds is 8. The molecule has 1 rings (SSSR count). The van der Waals surface area contributed by atoms with Gasteiger partial charge in [-0.25, -0.2) is 4.79 Å². The molecular formula is C15H16N2O5. The van der Waals surface area contributed by atoms with Crippen LogP contribution in [-0.4, -0.2) is 43.9 Å². The number of carbonyl (C=O) groups is 2. The van der Waals surface area contributed by atoms with E-state index in [1.165, 1.54) is 13.2 Å². The van der Waals surface area contributed by atoms with Gasteiger partial charge in [0, 0.05) is 13.7 Å². The molecule has 1 amide bonds. The molecule has 7 nitrogen and oxygen atoms in total. The maximum absolute atomic E-state index is 11.8. The highest BCUT2D eigenvalue weighted by atomic mass is 16.5. The van der Waals surface area contributed by atoms with Crippen molar-refractivity contribution >= 4 is 18.0 Å². The molecule has 0 spiro atoms. The molecule has 0 saturated heterocycles. The predicted octanol–water partition coefficient (Wildman–Crippen LogP) is 0.820. The molecule has 0 aromatic heterocycles.